The molecule has 7 heteroatoms. The molecule has 0 spiro atoms. The van der Waals surface area contributed by atoms with Crippen LogP contribution in [0, 0.1) is 5.92 Å². The molecule has 0 radical (unpaired) electrons. The summed E-state index contributed by atoms with van der Waals surface area (Å²) in [6.07, 6.45) is 1.10. The summed E-state index contributed by atoms with van der Waals surface area (Å²) in [5.41, 5.74) is 0. The molecule has 7 nitrogen and oxygen atoms in total. The maximum absolute atomic E-state index is 12.6. The third-order valence-electron chi connectivity index (χ3n) is 3.87. The second kappa shape index (κ2) is 7.80. The van der Waals surface area contributed by atoms with E-state index < -0.39 is 12.1 Å². The van der Waals surface area contributed by atoms with E-state index in [4.69, 9.17) is 5.11 Å². The minimum atomic E-state index is -1.16. The lowest BCUT2D eigenvalue weighted by Crippen LogP contribution is -2.55. The summed E-state index contributed by atoms with van der Waals surface area (Å²) in [5, 5.41) is 11.3. The first-order chi connectivity index (χ1) is 11.0. The van der Waals surface area contributed by atoms with Crippen LogP contribution in [0.25, 0.3) is 0 Å². The van der Waals surface area contributed by atoms with E-state index in [0.29, 0.717) is 32.6 Å². The topological polar surface area (TPSA) is 85.8 Å². The Labute approximate surface area is 136 Å². The van der Waals surface area contributed by atoms with Crippen molar-refractivity contribution in [3.63, 3.8) is 0 Å². The summed E-state index contributed by atoms with van der Waals surface area (Å²) in [6, 6.07) is 5.09. The number of carboxylic acid groups (broad SMARTS) is 1. The molecule has 0 saturated carbocycles. The second-order valence-electron chi connectivity index (χ2n) is 6.13. The molecule has 1 fully saturated rings. The van der Waals surface area contributed by atoms with Crippen molar-refractivity contribution in [1.29, 1.82) is 0 Å². The van der Waals surface area contributed by atoms with E-state index in [-0.39, 0.29) is 11.8 Å². The number of piperazine rings is 1. The van der Waals surface area contributed by atoms with Gasteiger partial charge in [0, 0.05) is 32.4 Å². The zero-order valence-electron chi connectivity index (χ0n) is 13.6. The second-order valence-corrected chi connectivity index (χ2v) is 6.13. The number of hydrogen-bond donors (Lipinski definition) is 2. The van der Waals surface area contributed by atoms with Gasteiger partial charge < -0.3 is 20.2 Å². The summed E-state index contributed by atoms with van der Waals surface area (Å²) in [6.45, 7) is 6.50. The number of amides is 2. The number of aromatic nitrogens is 1. The Balaban J connectivity index is 1.94. The molecule has 1 aromatic heterocycles. The van der Waals surface area contributed by atoms with Crippen molar-refractivity contribution in [2.75, 3.05) is 31.1 Å². The van der Waals surface area contributed by atoms with Crippen LogP contribution in [0.15, 0.2) is 24.4 Å². The zero-order chi connectivity index (χ0) is 16.8. The van der Waals surface area contributed by atoms with Crippen molar-refractivity contribution in [3.8, 4) is 0 Å². The smallest absolute Gasteiger partial charge is 0.405 e. The van der Waals surface area contributed by atoms with Crippen molar-refractivity contribution in [3.05, 3.63) is 24.4 Å². The van der Waals surface area contributed by atoms with E-state index in [2.05, 4.69) is 15.2 Å². The molecular formula is C16H24N4O3. The summed E-state index contributed by atoms with van der Waals surface area (Å²) in [4.78, 5) is 31.7. The van der Waals surface area contributed by atoms with Crippen molar-refractivity contribution in [2.45, 2.75) is 26.3 Å². The Hall–Kier alpha value is -2.31. The average Bonchev–Trinajstić information content (AvgIpc) is 2.54. The molecule has 23 heavy (non-hydrogen) atoms. The van der Waals surface area contributed by atoms with Gasteiger partial charge in [-0.25, -0.2) is 9.78 Å². The standard InChI is InChI=1S/C16H24N4O3/c1-12(2)11-13(18-16(22)23)15(21)20-9-7-19(8-10-20)14-5-3-4-6-17-14/h3-6,12-13,18H,7-11H2,1-2H3,(H,22,23). The van der Waals surface area contributed by atoms with Gasteiger partial charge in [0.1, 0.15) is 11.9 Å². The number of hydrogen-bond acceptors (Lipinski definition) is 4. The molecule has 2 amide bonds. The molecule has 1 aliphatic rings. The molecule has 0 bridgehead atoms. The lowest BCUT2D eigenvalue weighted by molar-refractivity contribution is -0.134. The SMILES string of the molecule is CC(C)CC(NC(=O)O)C(=O)N1CCN(c2ccccn2)CC1. The maximum Gasteiger partial charge on any atom is 0.405 e. The molecule has 1 unspecified atom stereocenters. The van der Waals surface area contributed by atoms with Crippen LogP contribution in [-0.4, -0.2) is 59.2 Å². The van der Waals surface area contributed by atoms with Crippen LogP contribution in [0.5, 0.6) is 0 Å². The number of carbonyl (C=O) groups excluding carboxylic acids is 1. The van der Waals surface area contributed by atoms with Gasteiger partial charge in [-0.2, -0.15) is 0 Å². The fourth-order valence-corrected chi connectivity index (χ4v) is 2.76. The average molecular weight is 320 g/mol. The summed E-state index contributed by atoms with van der Waals surface area (Å²) < 4.78 is 0. The third-order valence-corrected chi connectivity index (χ3v) is 3.87. The van der Waals surface area contributed by atoms with E-state index in [1.165, 1.54) is 0 Å². The lowest BCUT2D eigenvalue weighted by atomic mass is 10.0. The van der Waals surface area contributed by atoms with Crippen molar-refractivity contribution >= 4 is 17.8 Å². The van der Waals surface area contributed by atoms with Crippen LogP contribution in [0.2, 0.25) is 0 Å². The van der Waals surface area contributed by atoms with E-state index in [1.54, 1.807) is 11.1 Å². The first-order valence-electron chi connectivity index (χ1n) is 7.91. The van der Waals surface area contributed by atoms with Gasteiger partial charge in [0.25, 0.3) is 0 Å². The maximum atomic E-state index is 12.6. The minimum Gasteiger partial charge on any atom is -0.465 e. The van der Waals surface area contributed by atoms with Crippen LogP contribution >= 0.6 is 0 Å². The largest absolute Gasteiger partial charge is 0.465 e. The third kappa shape index (κ3) is 4.84. The molecule has 1 aliphatic heterocycles. The number of pyridine rings is 1. The quantitative estimate of drug-likeness (QED) is 0.857. The monoisotopic (exact) mass is 320 g/mol. The Morgan fingerprint density at radius 2 is 1.96 bits per heavy atom. The summed E-state index contributed by atoms with van der Waals surface area (Å²) in [5.74, 6) is 1.01. The highest BCUT2D eigenvalue weighted by Crippen LogP contribution is 2.14. The van der Waals surface area contributed by atoms with Gasteiger partial charge in [0.05, 0.1) is 0 Å². The van der Waals surface area contributed by atoms with Gasteiger partial charge >= 0.3 is 6.09 Å². The molecule has 2 rings (SSSR count). The molecule has 1 saturated heterocycles. The molecule has 2 heterocycles. The van der Waals surface area contributed by atoms with Crippen LogP contribution in [-0.2, 0) is 4.79 Å². The van der Waals surface area contributed by atoms with Gasteiger partial charge in [-0.3, -0.25) is 4.79 Å². The highest BCUT2D eigenvalue weighted by atomic mass is 16.4. The first-order valence-corrected chi connectivity index (χ1v) is 7.91. The Morgan fingerprint density at radius 1 is 1.26 bits per heavy atom. The zero-order valence-corrected chi connectivity index (χ0v) is 13.6. The van der Waals surface area contributed by atoms with Gasteiger partial charge in [-0.1, -0.05) is 19.9 Å². The van der Waals surface area contributed by atoms with Gasteiger partial charge in [0.2, 0.25) is 5.91 Å². The number of nitrogens with one attached hydrogen (secondary N) is 1. The van der Waals surface area contributed by atoms with Crippen LogP contribution in [0.1, 0.15) is 20.3 Å². The van der Waals surface area contributed by atoms with Gasteiger partial charge in [0.15, 0.2) is 0 Å². The molecular weight excluding hydrogens is 296 g/mol. The highest BCUT2D eigenvalue weighted by Gasteiger charge is 2.29. The van der Waals surface area contributed by atoms with Gasteiger partial charge in [-0.05, 0) is 24.5 Å². The minimum absolute atomic E-state index is 0.137. The Morgan fingerprint density at radius 3 is 2.48 bits per heavy atom. The molecule has 0 aliphatic carbocycles. The van der Waals surface area contributed by atoms with Crippen molar-refractivity contribution in [2.24, 2.45) is 5.92 Å². The van der Waals surface area contributed by atoms with E-state index >= 15 is 0 Å². The molecule has 2 N–H and O–H groups in total. The summed E-state index contributed by atoms with van der Waals surface area (Å²) >= 11 is 0. The molecule has 0 aromatic carbocycles. The highest BCUT2D eigenvalue weighted by molar-refractivity contribution is 5.85. The lowest BCUT2D eigenvalue weighted by Gasteiger charge is -2.37. The van der Waals surface area contributed by atoms with Gasteiger partial charge in [-0.15, -0.1) is 0 Å². The number of carbonyl (C=O) groups is 2. The molecule has 126 valence electrons. The summed E-state index contributed by atoms with van der Waals surface area (Å²) in [7, 11) is 0. The normalized spacial score (nSPS) is 16.3. The predicted molar refractivity (Wildman–Crippen MR) is 87.4 cm³/mol. The number of anilines is 1. The van der Waals surface area contributed by atoms with E-state index in [9.17, 15) is 9.59 Å². The Bertz CT molecular complexity index is 527. The molecule has 1 atom stereocenters. The van der Waals surface area contributed by atoms with Crippen LogP contribution in [0.4, 0.5) is 10.6 Å². The van der Waals surface area contributed by atoms with E-state index in [1.807, 2.05) is 32.0 Å². The molecule has 1 aromatic rings. The van der Waals surface area contributed by atoms with Crippen LogP contribution < -0.4 is 10.2 Å². The van der Waals surface area contributed by atoms with Crippen molar-refractivity contribution < 1.29 is 14.7 Å². The van der Waals surface area contributed by atoms with Crippen molar-refractivity contribution in [1.82, 2.24) is 15.2 Å². The predicted octanol–water partition coefficient (Wildman–Crippen LogP) is 1.41. The number of nitrogens with zero attached hydrogens (tertiary/aromatic N) is 3. The first kappa shape index (κ1) is 17.1. The fraction of sp³-hybridized carbons (Fsp3) is 0.562. The van der Waals surface area contributed by atoms with E-state index in [0.717, 1.165) is 5.82 Å². The number of rotatable bonds is 5. The Kier molecular flexibility index (Phi) is 5.78. The fourth-order valence-electron chi connectivity index (χ4n) is 2.76. The van der Waals surface area contributed by atoms with Crippen LogP contribution in [0.3, 0.4) is 0 Å².